The molecule has 0 amide bonds. The molecule has 2 aliphatic heterocycles. The molecule has 0 bridgehead atoms. The normalized spacial score (nSPS) is 26.0. The molecule has 1 saturated carbocycles. The van der Waals surface area contributed by atoms with E-state index in [1.165, 1.54) is 49.2 Å². The maximum absolute atomic E-state index is 5.05. The van der Waals surface area contributed by atoms with Gasteiger partial charge in [-0.3, -0.25) is 9.98 Å². The van der Waals surface area contributed by atoms with E-state index in [1.807, 2.05) is 6.92 Å². The number of allylic oxidation sites excluding steroid dienone is 3. The van der Waals surface area contributed by atoms with Crippen LogP contribution in [0.4, 0.5) is 0 Å². The third-order valence-corrected chi connectivity index (χ3v) is 6.84. The van der Waals surface area contributed by atoms with Crippen molar-refractivity contribution in [3.05, 3.63) is 24.0 Å². The maximum Gasteiger partial charge on any atom is 0.126 e. The van der Waals surface area contributed by atoms with Crippen molar-refractivity contribution in [3.8, 4) is 0 Å². The lowest BCUT2D eigenvalue weighted by Crippen LogP contribution is -2.36. The van der Waals surface area contributed by atoms with Crippen molar-refractivity contribution in [2.75, 3.05) is 19.6 Å². The number of rotatable bonds is 7. The summed E-state index contributed by atoms with van der Waals surface area (Å²) in [5, 5.41) is 0. The molecular weight excluding hydrogens is 356 g/mol. The Hall–Kier alpha value is -1.71. The quantitative estimate of drug-likeness (QED) is 0.482. The number of hydrogen-bond acceptors (Lipinski definition) is 4. The highest BCUT2D eigenvalue weighted by molar-refractivity contribution is 6.06. The van der Waals surface area contributed by atoms with Crippen LogP contribution in [0.15, 0.2) is 39.0 Å². The second-order valence-corrected chi connectivity index (χ2v) is 9.87. The van der Waals surface area contributed by atoms with E-state index >= 15 is 0 Å². The van der Waals surface area contributed by atoms with Gasteiger partial charge in [-0.05, 0) is 57.8 Å². The van der Waals surface area contributed by atoms with Crippen LogP contribution in [0.1, 0.15) is 79.6 Å². The molecule has 0 N–H and O–H groups in total. The van der Waals surface area contributed by atoms with Gasteiger partial charge in [0.15, 0.2) is 0 Å². The van der Waals surface area contributed by atoms with Crippen LogP contribution >= 0.6 is 0 Å². The van der Waals surface area contributed by atoms with Crippen molar-refractivity contribution in [2.24, 2.45) is 32.2 Å². The Bertz CT molecular complexity index is 730. The molecule has 1 aliphatic carbocycles. The first kappa shape index (κ1) is 22.0. The predicted molar refractivity (Wildman–Crippen MR) is 126 cm³/mol. The Morgan fingerprint density at radius 3 is 2.52 bits per heavy atom. The molecule has 0 radical (unpaired) electrons. The van der Waals surface area contributed by atoms with Crippen molar-refractivity contribution < 1.29 is 0 Å². The SMILES string of the molecule is C=C(C)N=C(CC)C/C(=C\C)N1CCC(C2=NC(C3CCC(C)(C)C3)=NC2)CC1. The van der Waals surface area contributed by atoms with E-state index in [4.69, 9.17) is 9.98 Å². The molecule has 160 valence electrons. The van der Waals surface area contributed by atoms with E-state index < -0.39 is 0 Å². The molecule has 1 unspecified atom stereocenters. The van der Waals surface area contributed by atoms with E-state index in [0.717, 1.165) is 44.0 Å². The van der Waals surface area contributed by atoms with Crippen molar-refractivity contribution in [1.29, 1.82) is 0 Å². The molecule has 3 rings (SSSR count). The monoisotopic (exact) mass is 396 g/mol. The summed E-state index contributed by atoms with van der Waals surface area (Å²) < 4.78 is 0. The topological polar surface area (TPSA) is 40.3 Å². The molecule has 3 aliphatic rings. The smallest absolute Gasteiger partial charge is 0.126 e. The fourth-order valence-electron chi connectivity index (χ4n) is 5.10. The summed E-state index contributed by atoms with van der Waals surface area (Å²) in [5.41, 5.74) is 5.35. The summed E-state index contributed by atoms with van der Waals surface area (Å²) in [6.07, 6.45) is 10.4. The van der Waals surface area contributed by atoms with Crippen molar-refractivity contribution >= 4 is 17.3 Å². The second-order valence-electron chi connectivity index (χ2n) is 9.87. The molecule has 2 heterocycles. The first-order valence-corrected chi connectivity index (χ1v) is 11.5. The molecule has 1 atom stereocenters. The van der Waals surface area contributed by atoms with Crippen LogP contribution in [0.3, 0.4) is 0 Å². The molecule has 0 aromatic rings. The number of nitrogens with zero attached hydrogens (tertiary/aromatic N) is 4. The number of piperidine rings is 1. The van der Waals surface area contributed by atoms with Crippen LogP contribution in [0, 0.1) is 17.3 Å². The zero-order chi connectivity index (χ0) is 21.0. The van der Waals surface area contributed by atoms with Crippen LogP contribution in [0.5, 0.6) is 0 Å². The Morgan fingerprint density at radius 2 is 1.97 bits per heavy atom. The Morgan fingerprint density at radius 1 is 1.24 bits per heavy atom. The van der Waals surface area contributed by atoms with Gasteiger partial charge in [0.1, 0.15) is 5.84 Å². The van der Waals surface area contributed by atoms with Crippen LogP contribution in [0.25, 0.3) is 0 Å². The van der Waals surface area contributed by atoms with E-state index in [2.05, 4.69) is 50.2 Å². The van der Waals surface area contributed by atoms with Gasteiger partial charge >= 0.3 is 0 Å². The molecule has 0 aromatic carbocycles. The van der Waals surface area contributed by atoms with Gasteiger partial charge in [-0.1, -0.05) is 33.4 Å². The molecular formula is C25H40N4. The summed E-state index contributed by atoms with van der Waals surface area (Å²) in [7, 11) is 0. The Balaban J connectivity index is 1.54. The lowest BCUT2D eigenvalue weighted by molar-refractivity contribution is 0.256. The van der Waals surface area contributed by atoms with Crippen LogP contribution < -0.4 is 0 Å². The molecule has 29 heavy (non-hydrogen) atoms. The summed E-state index contributed by atoms with van der Waals surface area (Å²) in [4.78, 5) is 17.1. The van der Waals surface area contributed by atoms with Crippen LogP contribution in [0.2, 0.25) is 0 Å². The van der Waals surface area contributed by atoms with E-state index in [1.54, 1.807) is 0 Å². The Kier molecular flexibility index (Phi) is 7.13. The molecule has 0 spiro atoms. The highest BCUT2D eigenvalue weighted by Crippen LogP contribution is 2.42. The third kappa shape index (κ3) is 5.67. The van der Waals surface area contributed by atoms with Crippen molar-refractivity contribution in [3.63, 3.8) is 0 Å². The molecule has 0 aromatic heterocycles. The lowest BCUT2D eigenvalue weighted by Gasteiger charge is -2.35. The van der Waals surface area contributed by atoms with E-state index in [9.17, 15) is 0 Å². The minimum Gasteiger partial charge on any atom is -0.375 e. The standard InChI is InChI=1S/C25H40N4/c1-7-21(27-18(3)4)15-22(8-2)29-13-10-19(11-14-29)23-17-26-24(28-23)20-9-12-25(5,6)16-20/h8,19-20H,3,7,9-17H2,1-2,4-6H3/b22-8+,27-21?. The second kappa shape index (κ2) is 9.40. The molecule has 1 saturated heterocycles. The van der Waals surface area contributed by atoms with Gasteiger partial charge < -0.3 is 4.90 Å². The van der Waals surface area contributed by atoms with Crippen LogP contribution in [-0.2, 0) is 0 Å². The van der Waals surface area contributed by atoms with Crippen LogP contribution in [-0.4, -0.2) is 41.8 Å². The molecule has 4 heteroatoms. The van der Waals surface area contributed by atoms with E-state index in [0.29, 0.717) is 17.3 Å². The van der Waals surface area contributed by atoms with E-state index in [-0.39, 0.29) is 0 Å². The van der Waals surface area contributed by atoms with Gasteiger partial charge in [0.2, 0.25) is 0 Å². The average Bonchev–Trinajstić information content (AvgIpc) is 3.31. The van der Waals surface area contributed by atoms with Gasteiger partial charge in [-0.15, -0.1) is 0 Å². The number of hydrogen-bond donors (Lipinski definition) is 0. The fourth-order valence-corrected chi connectivity index (χ4v) is 5.10. The summed E-state index contributed by atoms with van der Waals surface area (Å²) in [5.74, 6) is 2.36. The summed E-state index contributed by atoms with van der Waals surface area (Å²) in [6, 6.07) is 0. The zero-order valence-electron chi connectivity index (χ0n) is 19.3. The largest absolute Gasteiger partial charge is 0.375 e. The lowest BCUT2D eigenvalue weighted by atomic mass is 9.90. The number of aliphatic imine (C=N–C) groups is 3. The minimum absolute atomic E-state index is 0.463. The van der Waals surface area contributed by atoms with Gasteiger partial charge in [0.05, 0.1) is 6.54 Å². The number of likely N-dealkylation sites (tertiary alicyclic amines) is 1. The summed E-state index contributed by atoms with van der Waals surface area (Å²) in [6.45, 7) is 18.1. The highest BCUT2D eigenvalue weighted by atomic mass is 15.1. The van der Waals surface area contributed by atoms with Gasteiger partial charge in [-0.2, -0.15) is 0 Å². The van der Waals surface area contributed by atoms with Gasteiger partial charge in [-0.25, -0.2) is 4.99 Å². The predicted octanol–water partition coefficient (Wildman–Crippen LogP) is 6.06. The average molecular weight is 397 g/mol. The highest BCUT2D eigenvalue weighted by Gasteiger charge is 2.36. The van der Waals surface area contributed by atoms with Gasteiger partial charge in [0, 0.05) is 54.2 Å². The first-order chi connectivity index (χ1) is 13.8. The fraction of sp³-hybridized carbons (Fsp3) is 0.720. The summed E-state index contributed by atoms with van der Waals surface area (Å²) >= 11 is 0. The number of amidine groups is 1. The maximum atomic E-state index is 5.05. The zero-order valence-corrected chi connectivity index (χ0v) is 19.3. The minimum atomic E-state index is 0.463. The third-order valence-electron chi connectivity index (χ3n) is 6.84. The molecule has 4 nitrogen and oxygen atoms in total. The molecule has 2 fully saturated rings. The first-order valence-electron chi connectivity index (χ1n) is 11.5. The Labute approximate surface area is 178 Å². The van der Waals surface area contributed by atoms with Crippen molar-refractivity contribution in [2.45, 2.75) is 79.6 Å². The van der Waals surface area contributed by atoms with Gasteiger partial charge in [0.25, 0.3) is 0 Å². The van der Waals surface area contributed by atoms with Crippen molar-refractivity contribution in [1.82, 2.24) is 4.90 Å².